The van der Waals surface area contributed by atoms with Crippen LogP contribution in [-0.2, 0) is 11.3 Å². The van der Waals surface area contributed by atoms with Crippen molar-refractivity contribution in [3.63, 3.8) is 0 Å². The largest absolute Gasteiger partial charge is 0.489 e. The van der Waals surface area contributed by atoms with E-state index in [2.05, 4.69) is 15.6 Å². The molecular formula is C23H21F6N5O4. The summed E-state index contributed by atoms with van der Waals surface area (Å²) < 4.78 is 88.1. The average Bonchev–Trinajstić information content (AvgIpc) is 3.36. The third-order valence-electron chi connectivity index (χ3n) is 4.81. The van der Waals surface area contributed by atoms with Gasteiger partial charge >= 0.3 is 6.18 Å². The van der Waals surface area contributed by atoms with Gasteiger partial charge in [0.15, 0.2) is 5.69 Å². The van der Waals surface area contributed by atoms with E-state index >= 15 is 0 Å². The van der Waals surface area contributed by atoms with Gasteiger partial charge in [0.2, 0.25) is 0 Å². The molecule has 0 unspecified atom stereocenters. The first-order valence-corrected chi connectivity index (χ1v) is 11.0. The fourth-order valence-electron chi connectivity index (χ4n) is 3.03. The fraction of sp³-hybridized carbons (Fsp3) is 0.304. The van der Waals surface area contributed by atoms with Gasteiger partial charge in [-0.2, -0.15) is 13.2 Å². The van der Waals surface area contributed by atoms with Crippen LogP contribution in [-0.4, -0.2) is 66.0 Å². The molecule has 38 heavy (non-hydrogen) atoms. The molecule has 204 valence electrons. The summed E-state index contributed by atoms with van der Waals surface area (Å²) >= 11 is 0. The Kier molecular flexibility index (Phi) is 9.65. The van der Waals surface area contributed by atoms with Crippen LogP contribution in [0.15, 0.2) is 42.6 Å². The van der Waals surface area contributed by atoms with Gasteiger partial charge in [0.1, 0.15) is 42.9 Å². The molecule has 3 aromatic rings. The van der Waals surface area contributed by atoms with Crippen LogP contribution in [0.1, 0.15) is 26.4 Å². The Hall–Kier alpha value is -4.14. The van der Waals surface area contributed by atoms with Gasteiger partial charge < -0.3 is 20.1 Å². The summed E-state index contributed by atoms with van der Waals surface area (Å²) in [5.41, 5.74) is -0.134. The van der Waals surface area contributed by atoms with E-state index in [4.69, 9.17) is 9.47 Å². The highest BCUT2D eigenvalue weighted by molar-refractivity contribution is 5.95. The van der Waals surface area contributed by atoms with Crippen molar-refractivity contribution in [2.75, 3.05) is 33.0 Å². The van der Waals surface area contributed by atoms with Crippen molar-refractivity contribution in [1.82, 2.24) is 25.6 Å². The molecule has 0 fully saturated rings. The number of amides is 2. The Morgan fingerprint density at radius 2 is 1.76 bits per heavy atom. The summed E-state index contributed by atoms with van der Waals surface area (Å²) in [4.78, 5) is 24.6. The summed E-state index contributed by atoms with van der Waals surface area (Å²) in [7, 11) is 0. The molecule has 0 radical (unpaired) electrons. The van der Waals surface area contributed by atoms with Gasteiger partial charge in [-0.15, -0.1) is 5.10 Å². The fourth-order valence-corrected chi connectivity index (χ4v) is 3.03. The third-order valence-corrected chi connectivity index (χ3v) is 4.81. The number of aromatic nitrogens is 3. The van der Waals surface area contributed by atoms with E-state index in [1.165, 1.54) is 24.4 Å². The maximum Gasteiger partial charge on any atom is 0.405 e. The average molecular weight is 545 g/mol. The lowest BCUT2D eigenvalue weighted by atomic mass is 10.1. The van der Waals surface area contributed by atoms with E-state index in [9.17, 15) is 35.9 Å². The van der Waals surface area contributed by atoms with Crippen molar-refractivity contribution in [3.8, 4) is 11.4 Å². The van der Waals surface area contributed by atoms with Gasteiger partial charge in [-0.1, -0.05) is 11.3 Å². The summed E-state index contributed by atoms with van der Waals surface area (Å²) in [5, 5.41) is 11.7. The number of halogens is 6. The lowest BCUT2D eigenvalue weighted by Gasteiger charge is -2.14. The molecule has 2 N–H and O–H groups in total. The highest BCUT2D eigenvalue weighted by Gasteiger charge is 2.28. The van der Waals surface area contributed by atoms with E-state index in [-0.39, 0.29) is 54.6 Å². The van der Waals surface area contributed by atoms with E-state index in [1.807, 2.05) is 0 Å². The van der Waals surface area contributed by atoms with Crippen LogP contribution in [0.4, 0.5) is 26.3 Å². The third kappa shape index (κ3) is 8.19. The van der Waals surface area contributed by atoms with Gasteiger partial charge in [0, 0.05) is 23.7 Å². The number of hydrogen-bond acceptors (Lipinski definition) is 6. The Bertz CT molecular complexity index is 1270. The first kappa shape index (κ1) is 28.4. The molecule has 0 aliphatic carbocycles. The van der Waals surface area contributed by atoms with Crippen molar-refractivity contribution in [2.45, 2.75) is 12.7 Å². The van der Waals surface area contributed by atoms with Crippen molar-refractivity contribution in [3.05, 3.63) is 71.1 Å². The van der Waals surface area contributed by atoms with E-state index in [0.717, 1.165) is 16.8 Å². The van der Waals surface area contributed by atoms with Crippen molar-refractivity contribution >= 4 is 11.8 Å². The van der Waals surface area contributed by atoms with Gasteiger partial charge in [-0.05, 0) is 24.3 Å². The highest BCUT2D eigenvalue weighted by atomic mass is 19.4. The predicted octanol–water partition coefficient (Wildman–Crippen LogP) is 3.13. The summed E-state index contributed by atoms with van der Waals surface area (Å²) in [6.45, 7) is -2.81. The Morgan fingerprint density at radius 1 is 0.974 bits per heavy atom. The Morgan fingerprint density at radius 3 is 2.47 bits per heavy atom. The van der Waals surface area contributed by atoms with Crippen LogP contribution in [0, 0.1) is 11.6 Å². The zero-order chi connectivity index (χ0) is 27.7. The molecule has 2 amide bonds. The molecule has 9 nitrogen and oxygen atoms in total. The minimum Gasteiger partial charge on any atom is -0.489 e. The minimum absolute atomic E-state index is 0.0150. The minimum atomic E-state index is -4.61. The van der Waals surface area contributed by atoms with E-state index in [0.29, 0.717) is 6.07 Å². The number of alkyl halides is 4. The molecule has 2 aromatic carbocycles. The number of rotatable bonds is 12. The molecule has 1 aromatic heterocycles. The number of hydrogen-bond donors (Lipinski definition) is 2. The van der Waals surface area contributed by atoms with Crippen LogP contribution in [0.2, 0.25) is 0 Å². The van der Waals surface area contributed by atoms with E-state index in [1.54, 1.807) is 5.32 Å². The van der Waals surface area contributed by atoms with Crippen molar-refractivity contribution in [1.29, 1.82) is 0 Å². The number of carbonyl (C=O) groups is 2. The molecule has 3 rings (SSSR count). The van der Waals surface area contributed by atoms with Crippen LogP contribution < -0.4 is 15.4 Å². The van der Waals surface area contributed by atoms with Crippen LogP contribution >= 0.6 is 0 Å². The van der Waals surface area contributed by atoms with Gasteiger partial charge in [-0.3, -0.25) is 9.59 Å². The van der Waals surface area contributed by atoms with Crippen LogP contribution in [0.3, 0.4) is 0 Å². The number of nitrogens with one attached hydrogen (secondary N) is 2. The number of nitrogens with zero attached hydrogens (tertiary/aromatic N) is 3. The SMILES string of the molecule is O=C(NCC(F)(F)F)c1ccc(-n2cc(C(=O)NCc3ccc(F)cc3F)nn2)c(OCCOCCF)c1. The molecule has 0 aliphatic heterocycles. The van der Waals surface area contributed by atoms with E-state index < -0.39 is 42.8 Å². The van der Waals surface area contributed by atoms with Gasteiger partial charge in [0.25, 0.3) is 11.8 Å². The second-order valence-corrected chi connectivity index (χ2v) is 7.60. The molecule has 15 heteroatoms. The zero-order valence-electron chi connectivity index (χ0n) is 19.5. The monoisotopic (exact) mass is 545 g/mol. The standard InChI is InChI=1S/C23H21F6N5O4/c24-5-6-37-7-8-38-20-9-14(21(35)31-13-23(27,28)29)2-4-19(20)34-12-18(32-33-34)22(36)30-11-15-1-3-16(25)10-17(15)26/h1-4,9-10,12H,5-8,11,13H2,(H,30,36)(H,31,35). The second kappa shape index (κ2) is 12.9. The lowest BCUT2D eigenvalue weighted by molar-refractivity contribution is -0.123. The first-order valence-electron chi connectivity index (χ1n) is 11.0. The molecule has 0 aliphatic rings. The Balaban J connectivity index is 1.76. The quantitative estimate of drug-likeness (QED) is 0.268. The van der Waals surface area contributed by atoms with Gasteiger partial charge in [-0.25, -0.2) is 17.9 Å². The number of carbonyl (C=O) groups excluding carboxylic acids is 2. The van der Waals surface area contributed by atoms with Crippen molar-refractivity contribution in [2.24, 2.45) is 0 Å². The molecule has 0 spiro atoms. The normalized spacial score (nSPS) is 11.3. The molecular weight excluding hydrogens is 524 g/mol. The molecule has 0 saturated carbocycles. The van der Waals surface area contributed by atoms with Gasteiger partial charge in [0.05, 0.1) is 19.4 Å². The number of benzene rings is 2. The molecule has 0 saturated heterocycles. The molecule has 0 atom stereocenters. The molecule has 1 heterocycles. The summed E-state index contributed by atoms with van der Waals surface area (Å²) in [6, 6.07) is 6.58. The first-order chi connectivity index (χ1) is 18.1. The maximum atomic E-state index is 13.8. The lowest BCUT2D eigenvalue weighted by Crippen LogP contribution is -2.33. The van der Waals surface area contributed by atoms with Crippen molar-refractivity contribution < 1.29 is 45.4 Å². The summed E-state index contributed by atoms with van der Waals surface area (Å²) in [5.74, 6) is -3.37. The summed E-state index contributed by atoms with van der Waals surface area (Å²) in [6.07, 6.45) is -3.41. The molecule has 0 bridgehead atoms. The highest BCUT2D eigenvalue weighted by Crippen LogP contribution is 2.25. The Labute approximate surface area is 211 Å². The second-order valence-electron chi connectivity index (χ2n) is 7.60. The smallest absolute Gasteiger partial charge is 0.405 e. The predicted molar refractivity (Wildman–Crippen MR) is 120 cm³/mol. The van der Waals surface area contributed by atoms with Crippen LogP contribution in [0.5, 0.6) is 5.75 Å². The van der Waals surface area contributed by atoms with Crippen LogP contribution in [0.25, 0.3) is 5.69 Å². The zero-order valence-corrected chi connectivity index (χ0v) is 19.5. The number of ether oxygens (including phenoxy) is 2. The topological polar surface area (TPSA) is 107 Å². The maximum absolute atomic E-state index is 13.8.